The van der Waals surface area contributed by atoms with Crippen LogP contribution in [0, 0.1) is 12.3 Å². The first-order valence-corrected chi connectivity index (χ1v) is 10.5. The molecule has 0 atom stereocenters. The maximum Gasteiger partial charge on any atom is 0.267 e. The second kappa shape index (κ2) is 8.23. The van der Waals surface area contributed by atoms with Crippen molar-refractivity contribution in [2.75, 3.05) is 0 Å². The number of aryl methyl sites for hydroxylation is 1. The largest absolute Gasteiger partial charge is 0.467 e. The number of fused-ring (bicyclic) bond motifs is 2. The van der Waals surface area contributed by atoms with Gasteiger partial charge in [0, 0.05) is 6.20 Å². The average molecular weight is 439 g/mol. The molecule has 8 heteroatoms. The Bertz CT molecular complexity index is 1600. The summed E-state index contributed by atoms with van der Waals surface area (Å²) < 4.78 is 8.35. The predicted molar refractivity (Wildman–Crippen MR) is 123 cm³/mol. The molecule has 164 valence electrons. The lowest BCUT2D eigenvalue weighted by Gasteiger charge is -2.15. The molecule has 1 amide bonds. The maximum absolute atomic E-state index is 13.4. The molecular formula is C25H21N5O3. The first-order valence-electron chi connectivity index (χ1n) is 10.5. The van der Waals surface area contributed by atoms with Gasteiger partial charge in [-0.2, -0.15) is 0 Å². The molecule has 0 aliphatic heterocycles. The number of hydrogen-bond acceptors (Lipinski definition) is 5. The van der Waals surface area contributed by atoms with Gasteiger partial charge in [-0.05, 0) is 42.3 Å². The number of aromatic nitrogens is 3. The second-order valence-electron chi connectivity index (χ2n) is 7.83. The summed E-state index contributed by atoms with van der Waals surface area (Å²) >= 11 is 0. The average Bonchev–Trinajstić information content (AvgIpc) is 3.34. The minimum atomic E-state index is -0.464. The molecule has 0 unspecified atom stereocenters. The Morgan fingerprint density at radius 1 is 1.12 bits per heavy atom. The molecule has 0 saturated heterocycles. The predicted octanol–water partition coefficient (Wildman–Crippen LogP) is 3.01. The fourth-order valence-electron chi connectivity index (χ4n) is 3.81. The summed E-state index contributed by atoms with van der Waals surface area (Å²) in [5.74, 6) is 0.130. The quantitative estimate of drug-likeness (QED) is 0.411. The van der Waals surface area contributed by atoms with Crippen molar-refractivity contribution in [3.05, 3.63) is 111 Å². The monoisotopic (exact) mass is 439 g/mol. The van der Waals surface area contributed by atoms with Gasteiger partial charge in [-0.3, -0.25) is 19.4 Å². The van der Waals surface area contributed by atoms with Gasteiger partial charge in [0.1, 0.15) is 22.5 Å². The summed E-state index contributed by atoms with van der Waals surface area (Å²) in [5, 5.41) is 11.8. The van der Waals surface area contributed by atoms with Crippen LogP contribution in [-0.2, 0) is 13.1 Å². The Morgan fingerprint density at radius 2 is 1.94 bits per heavy atom. The van der Waals surface area contributed by atoms with Crippen LogP contribution in [0.1, 0.15) is 27.2 Å². The van der Waals surface area contributed by atoms with Crippen molar-refractivity contribution in [3.8, 4) is 0 Å². The van der Waals surface area contributed by atoms with E-state index in [1.54, 1.807) is 29.0 Å². The Labute approximate surface area is 188 Å². The van der Waals surface area contributed by atoms with Crippen LogP contribution in [0.2, 0.25) is 0 Å². The van der Waals surface area contributed by atoms with Crippen molar-refractivity contribution in [2.24, 2.45) is 0 Å². The standard InChI is InChI=1S/C25H21N5O3/c1-16-9-10-21-28-23-20(25(32)29(21)14-16)12-19(24(31)27-13-18-8-5-11-33-18)22(26)30(23)15-17-6-3-2-4-7-17/h2-12,14,26H,13,15H2,1H3,(H,27,31). The van der Waals surface area contributed by atoms with Gasteiger partial charge in [0.25, 0.3) is 11.5 Å². The van der Waals surface area contributed by atoms with E-state index >= 15 is 0 Å². The van der Waals surface area contributed by atoms with Crippen LogP contribution < -0.4 is 16.4 Å². The number of furan rings is 1. The van der Waals surface area contributed by atoms with Crippen LogP contribution in [0.15, 0.2) is 82.3 Å². The van der Waals surface area contributed by atoms with Gasteiger partial charge in [0.15, 0.2) is 0 Å². The van der Waals surface area contributed by atoms with Crippen LogP contribution in [0.3, 0.4) is 0 Å². The van der Waals surface area contributed by atoms with E-state index in [1.807, 2.05) is 43.3 Å². The van der Waals surface area contributed by atoms with Gasteiger partial charge in [0.2, 0.25) is 0 Å². The summed E-state index contributed by atoms with van der Waals surface area (Å²) in [6.07, 6.45) is 3.25. The SMILES string of the molecule is Cc1ccc2nc3c(cc(C(=O)NCc4ccco4)c(=N)n3Cc3ccccc3)c(=O)n2c1. The number of carbonyl (C=O) groups is 1. The Hall–Kier alpha value is -4.46. The molecule has 8 nitrogen and oxygen atoms in total. The molecule has 5 aromatic rings. The van der Waals surface area contributed by atoms with Crippen molar-refractivity contribution in [2.45, 2.75) is 20.0 Å². The van der Waals surface area contributed by atoms with Crippen molar-refractivity contribution >= 4 is 22.6 Å². The number of benzene rings is 1. The molecule has 0 radical (unpaired) electrons. The molecule has 4 aromatic heterocycles. The zero-order chi connectivity index (χ0) is 22.9. The smallest absolute Gasteiger partial charge is 0.267 e. The van der Waals surface area contributed by atoms with Gasteiger partial charge in [-0.1, -0.05) is 36.4 Å². The van der Waals surface area contributed by atoms with Crippen molar-refractivity contribution < 1.29 is 9.21 Å². The lowest BCUT2D eigenvalue weighted by Crippen LogP contribution is -2.35. The van der Waals surface area contributed by atoms with Crippen molar-refractivity contribution in [1.82, 2.24) is 19.3 Å². The van der Waals surface area contributed by atoms with E-state index in [9.17, 15) is 9.59 Å². The Kier molecular flexibility index (Phi) is 5.10. The summed E-state index contributed by atoms with van der Waals surface area (Å²) in [6, 6.07) is 18.2. The molecule has 0 fully saturated rings. The normalized spacial score (nSPS) is 11.2. The van der Waals surface area contributed by atoms with Crippen LogP contribution in [-0.4, -0.2) is 19.9 Å². The van der Waals surface area contributed by atoms with E-state index < -0.39 is 5.91 Å². The van der Waals surface area contributed by atoms with E-state index in [0.717, 1.165) is 11.1 Å². The van der Waals surface area contributed by atoms with Crippen molar-refractivity contribution in [3.63, 3.8) is 0 Å². The molecule has 0 spiro atoms. The number of pyridine rings is 2. The topological polar surface area (TPSA) is 105 Å². The third kappa shape index (κ3) is 3.82. The number of hydrogen-bond donors (Lipinski definition) is 2. The van der Waals surface area contributed by atoms with Crippen LogP contribution in [0.4, 0.5) is 0 Å². The highest BCUT2D eigenvalue weighted by molar-refractivity contribution is 5.96. The fourth-order valence-corrected chi connectivity index (χ4v) is 3.81. The van der Waals surface area contributed by atoms with Gasteiger partial charge >= 0.3 is 0 Å². The summed E-state index contributed by atoms with van der Waals surface area (Å²) in [5.41, 5.74) is 2.46. The van der Waals surface area contributed by atoms with Gasteiger partial charge < -0.3 is 14.3 Å². The minimum absolute atomic E-state index is 0.0216. The lowest BCUT2D eigenvalue weighted by molar-refractivity contribution is 0.0945. The summed E-state index contributed by atoms with van der Waals surface area (Å²) in [6.45, 7) is 2.37. The maximum atomic E-state index is 13.4. The van der Waals surface area contributed by atoms with Gasteiger partial charge in [-0.15, -0.1) is 0 Å². The molecule has 0 aliphatic rings. The first-order chi connectivity index (χ1) is 16.0. The minimum Gasteiger partial charge on any atom is -0.467 e. The molecule has 1 aromatic carbocycles. The fraction of sp³-hybridized carbons (Fsp3) is 0.120. The molecule has 0 aliphatic carbocycles. The highest BCUT2D eigenvalue weighted by Gasteiger charge is 2.18. The molecular weight excluding hydrogens is 418 g/mol. The number of rotatable bonds is 5. The summed E-state index contributed by atoms with van der Waals surface area (Å²) in [7, 11) is 0. The molecule has 5 rings (SSSR count). The van der Waals surface area contributed by atoms with E-state index in [-0.39, 0.29) is 28.5 Å². The van der Waals surface area contributed by atoms with Crippen LogP contribution in [0.5, 0.6) is 0 Å². The highest BCUT2D eigenvalue weighted by atomic mass is 16.3. The molecule has 33 heavy (non-hydrogen) atoms. The zero-order valence-corrected chi connectivity index (χ0v) is 17.9. The Balaban J connectivity index is 1.71. The van der Waals surface area contributed by atoms with E-state index in [1.165, 1.54) is 16.7 Å². The lowest BCUT2D eigenvalue weighted by atomic mass is 10.1. The Morgan fingerprint density at radius 3 is 2.70 bits per heavy atom. The summed E-state index contributed by atoms with van der Waals surface area (Å²) in [4.78, 5) is 31.1. The van der Waals surface area contributed by atoms with Gasteiger partial charge in [-0.25, -0.2) is 4.98 Å². The number of amides is 1. The molecule has 2 N–H and O–H groups in total. The number of nitrogens with one attached hydrogen (secondary N) is 2. The third-order valence-electron chi connectivity index (χ3n) is 5.49. The molecule has 0 bridgehead atoms. The molecule has 0 saturated carbocycles. The number of carbonyl (C=O) groups excluding carboxylic acids is 1. The molecule has 4 heterocycles. The van der Waals surface area contributed by atoms with Crippen molar-refractivity contribution in [1.29, 1.82) is 5.41 Å². The third-order valence-corrected chi connectivity index (χ3v) is 5.49. The number of nitrogens with zero attached hydrogens (tertiary/aromatic N) is 3. The highest BCUT2D eigenvalue weighted by Crippen LogP contribution is 2.13. The van der Waals surface area contributed by atoms with Crippen LogP contribution >= 0.6 is 0 Å². The zero-order valence-electron chi connectivity index (χ0n) is 17.9. The van der Waals surface area contributed by atoms with Gasteiger partial charge in [0.05, 0.1) is 30.3 Å². The van der Waals surface area contributed by atoms with E-state index in [4.69, 9.17) is 9.83 Å². The van der Waals surface area contributed by atoms with E-state index in [0.29, 0.717) is 23.6 Å². The first kappa shape index (κ1) is 20.4. The second-order valence-corrected chi connectivity index (χ2v) is 7.83. The van der Waals surface area contributed by atoms with Crippen LogP contribution in [0.25, 0.3) is 16.7 Å². The van der Waals surface area contributed by atoms with E-state index in [2.05, 4.69) is 10.3 Å².